The Hall–Kier alpha value is -2.11. The van der Waals surface area contributed by atoms with Crippen molar-refractivity contribution in [2.45, 2.75) is 39.3 Å². The summed E-state index contributed by atoms with van der Waals surface area (Å²) in [6.45, 7) is 6.26. The zero-order valence-electron chi connectivity index (χ0n) is 13.2. The lowest BCUT2D eigenvalue weighted by atomic mass is 10.0. The highest BCUT2D eigenvalue weighted by Gasteiger charge is 2.28. The van der Waals surface area contributed by atoms with E-state index in [-0.39, 0.29) is 11.8 Å². The summed E-state index contributed by atoms with van der Waals surface area (Å²) in [6.07, 6.45) is 9.64. The Balaban J connectivity index is 1.64. The predicted octanol–water partition coefficient (Wildman–Crippen LogP) is 1.89. The summed E-state index contributed by atoms with van der Waals surface area (Å²) in [6, 6.07) is 2.23. The van der Waals surface area contributed by atoms with Crippen LogP contribution in [-0.2, 0) is 11.3 Å². The minimum Gasteiger partial charge on any atom is -0.340 e. The van der Waals surface area contributed by atoms with E-state index in [2.05, 4.69) is 14.6 Å². The molecule has 2 aromatic rings. The first kappa shape index (κ1) is 14.8. The molecule has 1 fully saturated rings. The topological polar surface area (TPSA) is 56.0 Å². The van der Waals surface area contributed by atoms with Crippen LogP contribution in [0.5, 0.6) is 0 Å². The van der Waals surface area contributed by atoms with Crippen LogP contribution in [0, 0.1) is 12.8 Å². The van der Waals surface area contributed by atoms with Crippen molar-refractivity contribution in [2.75, 3.05) is 13.1 Å². The van der Waals surface area contributed by atoms with Gasteiger partial charge in [-0.25, -0.2) is 4.98 Å². The van der Waals surface area contributed by atoms with E-state index in [0.717, 1.165) is 31.8 Å². The van der Waals surface area contributed by atoms with Gasteiger partial charge in [0.15, 0.2) is 0 Å². The van der Waals surface area contributed by atoms with Gasteiger partial charge in [-0.3, -0.25) is 9.48 Å². The normalized spacial score (nSPS) is 20.1. The smallest absolute Gasteiger partial charge is 0.227 e. The quantitative estimate of drug-likeness (QED) is 0.866. The molecule has 0 aliphatic carbocycles. The van der Waals surface area contributed by atoms with Crippen LogP contribution in [0.4, 0.5) is 0 Å². The Morgan fingerprint density at radius 1 is 1.41 bits per heavy atom. The minimum absolute atomic E-state index is 0.0532. The second-order valence-corrected chi connectivity index (χ2v) is 6.09. The molecule has 6 nitrogen and oxygen atoms in total. The van der Waals surface area contributed by atoms with Gasteiger partial charge in [-0.2, -0.15) is 5.10 Å². The number of imidazole rings is 1. The van der Waals surface area contributed by atoms with Gasteiger partial charge in [0, 0.05) is 37.9 Å². The zero-order valence-corrected chi connectivity index (χ0v) is 13.2. The molecule has 2 aromatic heterocycles. The molecule has 1 aliphatic rings. The van der Waals surface area contributed by atoms with Crippen LogP contribution in [0.2, 0.25) is 0 Å². The molecule has 0 bridgehead atoms. The number of aromatic nitrogens is 4. The highest BCUT2D eigenvalue weighted by molar-refractivity contribution is 5.78. The van der Waals surface area contributed by atoms with Crippen molar-refractivity contribution >= 4 is 5.91 Å². The number of likely N-dealkylation sites (tertiary alicyclic amines) is 1. The lowest BCUT2D eigenvalue weighted by molar-refractivity contribution is -0.137. The van der Waals surface area contributed by atoms with Crippen molar-refractivity contribution in [2.24, 2.45) is 5.92 Å². The van der Waals surface area contributed by atoms with E-state index in [9.17, 15) is 4.79 Å². The molecule has 22 heavy (non-hydrogen) atoms. The highest BCUT2D eigenvalue weighted by Crippen LogP contribution is 2.24. The maximum absolute atomic E-state index is 12.7. The molecule has 118 valence electrons. The van der Waals surface area contributed by atoms with Gasteiger partial charge >= 0.3 is 0 Å². The van der Waals surface area contributed by atoms with Crippen molar-refractivity contribution in [3.63, 3.8) is 0 Å². The summed E-state index contributed by atoms with van der Waals surface area (Å²) in [5.74, 6) is 1.18. The van der Waals surface area contributed by atoms with E-state index < -0.39 is 0 Å². The van der Waals surface area contributed by atoms with Crippen molar-refractivity contribution in [1.82, 2.24) is 24.2 Å². The molecular formula is C16H23N5O. The van der Waals surface area contributed by atoms with E-state index in [4.69, 9.17) is 0 Å². The van der Waals surface area contributed by atoms with Gasteiger partial charge in [0.2, 0.25) is 5.91 Å². The van der Waals surface area contributed by atoms with Crippen LogP contribution in [0.3, 0.4) is 0 Å². The fourth-order valence-corrected chi connectivity index (χ4v) is 3.23. The van der Waals surface area contributed by atoms with Gasteiger partial charge in [-0.1, -0.05) is 6.92 Å². The van der Waals surface area contributed by atoms with Gasteiger partial charge in [0.05, 0.1) is 18.5 Å². The number of carbonyl (C=O) groups excluding carboxylic acids is 1. The third-order valence-corrected chi connectivity index (χ3v) is 4.41. The Morgan fingerprint density at radius 2 is 2.27 bits per heavy atom. The van der Waals surface area contributed by atoms with Crippen LogP contribution in [0.1, 0.15) is 31.6 Å². The van der Waals surface area contributed by atoms with Gasteiger partial charge in [0.1, 0.15) is 5.82 Å². The van der Waals surface area contributed by atoms with E-state index >= 15 is 0 Å². The van der Waals surface area contributed by atoms with Crippen molar-refractivity contribution in [1.29, 1.82) is 0 Å². The Labute approximate surface area is 130 Å². The number of carbonyl (C=O) groups is 1. The average molecular weight is 301 g/mol. The average Bonchev–Trinajstić information content (AvgIpc) is 3.18. The maximum atomic E-state index is 12.7. The Bertz CT molecular complexity index is 618. The summed E-state index contributed by atoms with van der Waals surface area (Å²) >= 11 is 0. The molecule has 0 saturated carbocycles. The predicted molar refractivity (Wildman–Crippen MR) is 83.2 cm³/mol. The number of rotatable bonds is 4. The van der Waals surface area contributed by atoms with Crippen molar-refractivity contribution < 1.29 is 4.79 Å². The monoisotopic (exact) mass is 301 g/mol. The molecule has 0 spiro atoms. The second kappa shape index (κ2) is 6.34. The molecule has 0 radical (unpaired) electrons. The largest absolute Gasteiger partial charge is 0.340 e. The number of aryl methyl sites for hydroxylation is 1. The minimum atomic E-state index is -0.0532. The molecule has 2 unspecified atom stereocenters. The van der Waals surface area contributed by atoms with E-state index in [1.165, 1.54) is 0 Å². The van der Waals surface area contributed by atoms with Crippen molar-refractivity contribution in [3.05, 3.63) is 36.7 Å². The molecule has 0 aromatic carbocycles. The summed E-state index contributed by atoms with van der Waals surface area (Å²) in [7, 11) is 0. The fourth-order valence-electron chi connectivity index (χ4n) is 3.23. The van der Waals surface area contributed by atoms with Gasteiger partial charge in [-0.05, 0) is 25.8 Å². The van der Waals surface area contributed by atoms with Crippen LogP contribution in [-0.4, -0.2) is 43.2 Å². The van der Waals surface area contributed by atoms with Crippen LogP contribution in [0.25, 0.3) is 0 Å². The number of nitrogens with zero attached hydrogens (tertiary/aromatic N) is 5. The molecule has 3 rings (SSSR count). The van der Waals surface area contributed by atoms with Crippen LogP contribution in [0.15, 0.2) is 30.9 Å². The van der Waals surface area contributed by atoms with Crippen molar-refractivity contribution in [3.8, 4) is 0 Å². The molecule has 2 atom stereocenters. The third kappa shape index (κ3) is 3.05. The molecule has 1 saturated heterocycles. The molecule has 0 N–H and O–H groups in total. The van der Waals surface area contributed by atoms with E-state index in [1.54, 1.807) is 6.20 Å². The Kier molecular flexibility index (Phi) is 4.27. The zero-order chi connectivity index (χ0) is 15.5. The van der Waals surface area contributed by atoms with E-state index in [1.807, 2.05) is 48.1 Å². The lowest BCUT2D eigenvalue weighted by Crippen LogP contribution is -2.43. The molecular weight excluding hydrogens is 278 g/mol. The summed E-state index contributed by atoms with van der Waals surface area (Å²) in [5, 5.41) is 4.18. The lowest BCUT2D eigenvalue weighted by Gasteiger charge is -2.35. The third-order valence-electron chi connectivity index (χ3n) is 4.41. The molecule has 6 heteroatoms. The van der Waals surface area contributed by atoms with Gasteiger partial charge in [0.25, 0.3) is 0 Å². The second-order valence-electron chi connectivity index (χ2n) is 6.09. The highest BCUT2D eigenvalue weighted by atomic mass is 16.2. The number of amides is 1. The maximum Gasteiger partial charge on any atom is 0.227 e. The van der Waals surface area contributed by atoms with Gasteiger partial charge < -0.3 is 9.47 Å². The Morgan fingerprint density at radius 3 is 2.95 bits per heavy atom. The standard InChI is InChI=1S/C16H23N5O/c1-13(11-20-9-4-6-18-20)16(22)19-8-3-5-15(12-19)21-10-7-17-14(21)2/h4,6-7,9-10,13,15H,3,5,8,11-12H2,1-2H3. The van der Waals surface area contributed by atoms with Crippen LogP contribution >= 0.6 is 0 Å². The number of piperidine rings is 1. The van der Waals surface area contributed by atoms with E-state index in [0.29, 0.717) is 12.6 Å². The summed E-state index contributed by atoms with van der Waals surface area (Å²) in [4.78, 5) is 19.0. The first-order valence-electron chi connectivity index (χ1n) is 7.91. The number of hydrogen-bond acceptors (Lipinski definition) is 3. The fraction of sp³-hybridized carbons (Fsp3) is 0.562. The number of hydrogen-bond donors (Lipinski definition) is 0. The van der Waals surface area contributed by atoms with Crippen LogP contribution < -0.4 is 0 Å². The first-order chi connectivity index (χ1) is 10.6. The summed E-state index contributed by atoms with van der Waals surface area (Å²) in [5.41, 5.74) is 0. The SMILES string of the molecule is Cc1nccn1C1CCCN(C(=O)C(C)Cn2cccn2)C1. The summed E-state index contributed by atoms with van der Waals surface area (Å²) < 4.78 is 4.02. The first-order valence-corrected chi connectivity index (χ1v) is 7.91. The van der Waals surface area contributed by atoms with Gasteiger partial charge in [-0.15, -0.1) is 0 Å². The molecule has 1 amide bonds. The molecule has 1 aliphatic heterocycles. The molecule has 3 heterocycles.